The van der Waals surface area contributed by atoms with Crippen molar-refractivity contribution in [2.75, 3.05) is 5.32 Å². The fraction of sp³-hybridized carbons (Fsp3) is 0.167. The van der Waals surface area contributed by atoms with Gasteiger partial charge in [0.15, 0.2) is 5.82 Å². The third-order valence-electron chi connectivity index (χ3n) is 3.79. The predicted octanol–water partition coefficient (Wildman–Crippen LogP) is 4.49. The smallest absolute Gasteiger partial charge is 0.330 e. The molecular weight excluding hydrogens is 409 g/mol. The minimum Gasteiger partial charge on any atom is -0.330 e. The predicted molar refractivity (Wildman–Crippen MR) is 100 cm³/mol. The van der Waals surface area contributed by atoms with E-state index in [1.807, 2.05) is 0 Å². The van der Waals surface area contributed by atoms with Gasteiger partial charge in [-0.3, -0.25) is 4.98 Å². The molecule has 2 heterocycles. The van der Waals surface area contributed by atoms with Gasteiger partial charge in [0, 0.05) is 30.5 Å². The Bertz CT molecular complexity index is 1020. The van der Waals surface area contributed by atoms with Crippen molar-refractivity contribution in [3.8, 4) is 11.5 Å². The number of nitrogens with zero attached hydrogens (tertiary/aromatic N) is 4. The molecule has 2 aromatic heterocycles. The Balaban J connectivity index is 1.76. The Kier molecular flexibility index (Phi) is 5.92. The summed E-state index contributed by atoms with van der Waals surface area (Å²) in [5.74, 6) is 0.331. The summed E-state index contributed by atoms with van der Waals surface area (Å²) in [6.45, 7) is 1.65. The van der Waals surface area contributed by atoms with Crippen LogP contribution in [0.4, 0.5) is 23.7 Å². The topological polar surface area (TPSA) is 92.7 Å². The van der Waals surface area contributed by atoms with Crippen molar-refractivity contribution >= 4 is 23.3 Å². The van der Waals surface area contributed by atoms with Gasteiger partial charge < -0.3 is 10.6 Å². The molecule has 2 amide bonds. The number of carbonyl (C=O) groups is 1. The number of halogens is 4. The number of amides is 2. The molecule has 0 saturated carbocycles. The van der Waals surface area contributed by atoms with E-state index in [-0.39, 0.29) is 5.69 Å². The molecule has 3 aromatic rings. The van der Waals surface area contributed by atoms with Crippen LogP contribution in [0.1, 0.15) is 24.2 Å². The van der Waals surface area contributed by atoms with Gasteiger partial charge in [-0.15, -0.1) is 0 Å². The second-order valence-corrected chi connectivity index (χ2v) is 6.28. The second-order valence-electron chi connectivity index (χ2n) is 5.88. The SMILES string of the molecule is C[C@H](NC(=O)Nc1ccc(Cl)c(C(F)(F)F)c1)c1nccnc1-c1ncccn1. The first kappa shape index (κ1) is 20.5. The molecule has 0 saturated heterocycles. The lowest BCUT2D eigenvalue weighted by atomic mass is 10.1. The summed E-state index contributed by atoms with van der Waals surface area (Å²) in [6, 6.07) is 3.40. The van der Waals surface area contributed by atoms with E-state index in [9.17, 15) is 18.0 Å². The van der Waals surface area contributed by atoms with Crippen LogP contribution in [0.2, 0.25) is 5.02 Å². The molecule has 0 unspecified atom stereocenters. The molecule has 1 atom stereocenters. The van der Waals surface area contributed by atoms with Gasteiger partial charge in [0.2, 0.25) is 0 Å². The molecule has 11 heteroatoms. The van der Waals surface area contributed by atoms with Crippen LogP contribution >= 0.6 is 11.6 Å². The minimum atomic E-state index is -4.64. The number of anilines is 1. The fourth-order valence-electron chi connectivity index (χ4n) is 2.51. The van der Waals surface area contributed by atoms with Gasteiger partial charge >= 0.3 is 12.2 Å². The van der Waals surface area contributed by atoms with Gasteiger partial charge in [-0.2, -0.15) is 13.2 Å². The quantitative estimate of drug-likeness (QED) is 0.646. The van der Waals surface area contributed by atoms with Crippen molar-refractivity contribution in [1.29, 1.82) is 0 Å². The molecule has 0 aliphatic carbocycles. The van der Waals surface area contributed by atoms with Gasteiger partial charge in [0.25, 0.3) is 0 Å². The lowest BCUT2D eigenvalue weighted by Gasteiger charge is -2.17. The number of hydrogen-bond donors (Lipinski definition) is 2. The number of aromatic nitrogens is 4. The first-order valence-corrected chi connectivity index (χ1v) is 8.66. The summed E-state index contributed by atoms with van der Waals surface area (Å²) in [5, 5.41) is 4.50. The molecule has 0 spiro atoms. The molecule has 0 radical (unpaired) electrons. The second kappa shape index (κ2) is 8.39. The number of urea groups is 1. The zero-order valence-electron chi connectivity index (χ0n) is 14.9. The Morgan fingerprint density at radius 2 is 1.76 bits per heavy atom. The summed E-state index contributed by atoms with van der Waals surface area (Å²) < 4.78 is 38.9. The number of rotatable bonds is 4. The monoisotopic (exact) mass is 422 g/mol. The third-order valence-corrected chi connectivity index (χ3v) is 4.12. The number of carbonyl (C=O) groups excluding carboxylic acids is 1. The van der Waals surface area contributed by atoms with Crippen LogP contribution in [-0.4, -0.2) is 26.0 Å². The normalized spacial score (nSPS) is 12.3. The molecule has 29 heavy (non-hydrogen) atoms. The van der Waals surface area contributed by atoms with Crippen LogP contribution in [-0.2, 0) is 6.18 Å². The van der Waals surface area contributed by atoms with E-state index in [0.29, 0.717) is 17.2 Å². The maximum atomic E-state index is 13.0. The Labute approximate surface area is 168 Å². The molecule has 7 nitrogen and oxygen atoms in total. The summed E-state index contributed by atoms with van der Waals surface area (Å²) in [5.41, 5.74) is -0.313. The highest BCUT2D eigenvalue weighted by atomic mass is 35.5. The summed E-state index contributed by atoms with van der Waals surface area (Å²) in [6.07, 6.45) is 1.37. The van der Waals surface area contributed by atoms with Crippen LogP contribution in [0, 0.1) is 0 Å². The van der Waals surface area contributed by atoms with Gasteiger partial charge in [-0.25, -0.2) is 19.7 Å². The van der Waals surface area contributed by atoms with Crippen molar-refractivity contribution in [3.63, 3.8) is 0 Å². The molecule has 0 bridgehead atoms. The Morgan fingerprint density at radius 1 is 1.07 bits per heavy atom. The lowest BCUT2D eigenvalue weighted by Crippen LogP contribution is -2.32. The molecule has 0 aliphatic heterocycles. The molecule has 1 aromatic carbocycles. The number of benzene rings is 1. The number of nitrogens with one attached hydrogen (secondary N) is 2. The van der Waals surface area contributed by atoms with Crippen molar-refractivity contribution in [3.05, 3.63) is 65.3 Å². The average molecular weight is 423 g/mol. The molecule has 0 aliphatic rings. The average Bonchev–Trinajstić information content (AvgIpc) is 2.69. The van der Waals surface area contributed by atoms with E-state index >= 15 is 0 Å². The van der Waals surface area contributed by atoms with Crippen LogP contribution in [0.3, 0.4) is 0 Å². The molecule has 3 rings (SSSR count). The zero-order chi connectivity index (χ0) is 21.0. The van der Waals surface area contributed by atoms with E-state index in [0.717, 1.165) is 12.1 Å². The highest BCUT2D eigenvalue weighted by Crippen LogP contribution is 2.36. The van der Waals surface area contributed by atoms with Gasteiger partial charge in [0.1, 0.15) is 5.69 Å². The van der Waals surface area contributed by atoms with E-state index in [4.69, 9.17) is 11.6 Å². The molecule has 0 fully saturated rings. The van der Waals surface area contributed by atoms with Crippen LogP contribution in [0.15, 0.2) is 49.1 Å². The third kappa shape index (κ3) is 4.96. The van der Waals surface area contributed by atoms with Crippen molar-refractivity contribution in [2.45, 2.75) is 19.1 Å². The first-order chi connectivity index (χ1) is 13.8. The maximum absolute atomic E-state index is 13.0. The molecular formula is C18H14ClF3N6O. The highest BCUT2D eigenvalue weighted by Gasteiger charge is 2.33. The van der Waals surface area contributed by atoms with Crippen LogP contribution in [0.5, 0.6) is 0 Å². The molecule has 150 valence electrons. The van der Waals surface area contributed by atoms with E-state index in [1.54, 1.807) is 25.4 Å². The summed E-state index contributed by atoms with van der Waals surface area (Å²) in [7, 11) is 0. The summed E-state index contributed by atoms with van der Waals surface area (Å²) >= 11 is 5.58. The standard InChI is InChI=1S/C18H14ClF3N6O/c1-10(14-15(24-8-7-23-14)16-25-5-2-6-26-16)27-17(29)28-11-3-4-13(19)12(9-11)18(20,21)22/h2-10H,1H3,(H2,27,28,29)/t10-/m0/s1. The van der Waals surface area contributed by atoms with Crippen molar-refractivity contribution in [2.24, 2.45) is 0 Å². The highest BCUT2D eigenvalue weighted by molar-refractivity contribution is 6.31. The minimum absolute atomic E-state index is 0.0582. The van der Waals surface area contributed by atoms with Gasteiger partial charge in [-0.1, -0.05) is 11.6 Å². The van der Waals surface area contributed by atoms with Gasteiger partial charge in [0.05, 0.1) is 22.3 Å². The maximum Gasteiger partial charge on any atom is 0.417 e. The van der Waals surface area contributed by atoms with E-state index in [2.05, 4.69) is 30.6 Å². The zero-order valence-corrected chi connectivity index (χ0v) is 15.7. The van der Waals surface area contributed by atoms with Crippen molar-refractivity contribution < 1.29 is 18.0 Å². The fourth-order valence-corrected chi connectivity index (χ4v) is 2.74. The molecule has 2 N–H and O–H groups in total. The number of hydrogen-bond acceptors (Lipinski definition) is 5. The van der Waals surface area contributed by atoms with E-state index < -0.39 is 28.8 Å². The lowest BCUT2D eigenvalue weighted by molar-refractivity contribution is -0.137. The Hall–Kier alpha value is -3.27. The van der Waals surface area contributed by atoms with E-state index in [1.165, 1.54) is 18.5 Å². The van der Waals surface area contributed by atoms with Crippen molar-refractivity contribution in [1.82, 2.24) is 25.3 Å². The largest absolute Gasteiger partial charge is 0.417 e. The Morgan fingerprint density at radius 3 is 2.45 bits per heavy atom. The van der Waals surface area contributed by atoms with Crippen LogP contribution < -0.4 is 10.6 Å². The number of alkyl halides is 3. The summed E-state index contributed by atoms with van der Waals surface area (Å²) in [4.78, 5) is 28.9. The first-order valence-electron chi connectivity index (χ1n) is 8.28. The van der Waals surface area contributed by atoms with Crippen LogP contribution in [0.25, 0.3) is 11.5 Å². The van der Waals surface area contributed by atoms with Gasteiger partial charge in [-0.05, 0) is 31.2 Å².